The van der Waals surface area contributed by atoms with Crippen molar-refractivity contribution in [2.75, 3.05) is 0 Å². The summed E-state index contributed by atoms with van der Waals surface area (Å²) in [5.41, 5.74) is 1.15. The second-order valence-electron chi connectivity index (χ2n) is 5.40. The molecule has 2 aromatic rings. The summed E-state index contributed by atoms with van der Waals surface area (Å²) in [6, 6.07) is 17.7. The zero-order valence-electron chi connectivity index (χ0n) is 11.9. The molecular weight excluding hydrogens is 264 g/mol. The first-order valence-electron chi connectivity index (χ1n) is 7.43. The molecule has 0 bridgehead atoms. The van der Waals surface area contributed by atoms with Gasteiger partial charge in [0.25, 0.3) is 0 Å². The van der Waals surface area contributed by atoms with Gasteiger partial charge in [0.2, 0.25) is 0 Å². The van der Waals surface area contributed by atoms with Gasteiger partial charge in [-0.05, 0) is 49.1 Å². The van der Waals surface area contributed by atoms with Crippen molar-refractivity contribution in [3.63, 3.8) is 0 Å². The van der Waals surface area contributed by atoms with E-state index in [4.69, 9.17) is 9.47 Å². The summed E-state index contributed by atoms with van der Waals surface area (Å²) in [5.74, 6) is 1.60. The minimum absolute atomic E-state index is 0.0684. The lowest BCUT2D eigenvalue weighted by Gasteiger charge is -2.17. The van der Waals surface area contributed by atoms with Crippen molar-refractivity contribution in [3.05, 3.63) is 60.2 Å². The fraction of sp³-hybridized carbons (Fsp3) is 0.333. The molecule has 0 spiro atoms. The smallest absolute Gasteiger partial charge is 0.124 e. The fourth-order valence-corrected chi connectivity index (χ4v) is 2.57. The van der Waals surface area contributed by atoms with E-state index in [1.807, 2.05) is 54.6 Å². The molecule has 1 N–H and O–H groups in total. The van der Waals surface area contributed by atoms with Crippen LogP contribution in [0.2, 0.25) is 0 Å². The molecule has 0 aromatic heterocycles. The highest BCUT2D eigenvalue weighted by Crippen LogP contribution is 2.26. The third-order valence-electron chi connectivity index (χ3n) is 3.78. The van der Waals surface area contributed by atoms with Gasteiger partial charge in [0.05, 0.1) is 6.10 Å². The van der Waals surface area contributed by atoms with Gasteiger partial charge in [-0.1, -0.05) is 30.3 Å². The molecule has 0 saturated heterocycles. The van der Waals surface area contributed by atoms with E-state index in [1.165, 1.54) is 0 Å². The molecule has 3 nitrogen and oxygen atoms in total. The van der Waals surface area contributed by atoms with Crippen molar-refractivity contribution in [1.29, 1.82) is 0 Å². The van der Waals surface area contributed by atoms with Crippen molar-refractivity contribution in [2.24, 2.45) is 0 Å². The Morgan fingerprint density at radius 1 is 0.905 bits per heavy atom. The Labute approximate surface area is 125 Å². The zero-order valence-corrected chi connectivity index (χ0v) is 11.9. The predicted molar refractivity (Wildman–Crippen MR) is 81.5 cm³/mol. The van der Waals surface area contributed by atoms with Gasteiger partial charge in [0.1, 0.15) is 24.2 Å². The minimum atomic E-state index is -0.334. The largest absolute Gasteiger partial charge is 0.489 e. The van der Waals surface area contributed by atoms with E-state index in [0.29, 0.717) is 6.61 Å². The van der Waals surface area contributed by atoms with Crippen LogP contribution in [0.5, 0.6) is 11.5 Å². The maximum Gasteiger partial charge on any atom is 0.124 e. The molecule has 1 fully saturated rings. The summed E-state index contributed by atoms with van der Waals surface area (Å²) in [7, 11) is 0. The van der Waals surface area contributed by atoms with Crippen molar-refractivity contribution >= 4 is 0 Å². The topological polar surface area (TPSA) is 38.7 Å². The lowest BCUT2D eigenvalue weighted by molar-refractivity contribution is 0.0603. The number of ether oxygens (including phenoxy) is 2. The number of benzene rings is 2. The number of aliphatic hydroxyl groups is 1. The van der Waals surface area contributed by atoms with Gasteiger partial charge < -0.3 is 14.6 Å². The molecule has 0 amide bonds. The summed E-state index contributed by atoms with van der Waals surface area (Å²) < 4.78 is 11.5. The Bertz CT molecular complexity index is 550. The molecule has 0 aliphatic heterocycles. The Morgan fingerprint density at radius 3 is 2.29 bits per heavy atom. The summed E-state index contributed by atoms with van der Waals surface area (Å²) in [5, 5.41) is 9.77. The first-order valence-corrected chi connectivity index (χ1v) is 7.43. The Hall–Kier alpha value is -2.00. The SMILES string of the molecule is O[C@H]1CCC[C@@H]1Oc1ccc(OCc2ccccc2)cc1. The monoisotopic (exact) mass is 284 g/mol. The summed E-state index contributed by atoms with van der Waals surface area (Å²) in [6.07, 6.45) is 2.39. The molecule has 1 aliphatic rings. The fourth-order valence-electron chi connectivity index (χ4n) is 2.57. The molecule has 0 unspecified atom stereocenters. The zero-order chi connectivity index (χ0) is 14.5. The van der Waals surface area contributed by atoms with Crippen LogP contribution in [-0.4, -0.2) is 17.3 Å². The van der Waals surface area contributed by atoms with Crippen molar-refractivity contribution in [1.82, 2.24) is 0 Å². The van der Waals surface area contributed by atoms with Crippen LogP contribution in [0, 0.1) is 0 Å². The van der Waals surface area contributed by atoms with Gasteiger partial charge in [-0.3, -0.25) is 0 Å². The molecule has 0 heterocycles. The van der Waals surface area contributed by atoms with Crippen LogP contribution in [0.25, 0.3) is 0 Å². The van der Waals surface area contributed by atoms with E-state index in [1.54, 1.807) is 0 Å². The van der Waals surface area contributed by atoms with Crippen molar-refractivity contribution in [3.8, 4) is 11.5 Å². The highest BCUT2D eigenvalue weighted by molar-refractivity contribution is 5.31. The van der Waals surface area contributed by atoms with E-state index in [0.717, 1.165) is 36.3 Å². The van der Waals surface area contributed by atoms with E-state index in [9.17, 15) is 5.11 Å². The van der Waals surface area contributed by atoms with E-state index < -0.39 is 0 Å². The first kappa shape index (κ1) is 14.0. The van der Waals surface area contributed by atoms with Crippen LogP contribution in [0.4, 0.5) is 0 Å². The van der Waals surface area contributed by atoms with Gasteiger partial charge in [0.15, 0.2) is 0 Å². The summed E-state index contributed by atoms with van der Waals surface area (Å²) >= 11 is 0. The third-order valence-corrected chi connectivity index (χ3v) is 3.78. The van der Waals surface area contributed by atoms with Crippen molar-refractivity contribution < 1.29 is 14.6 Å². The van der Waals surface area contributed by atoms with Gasteiger partial charge in [-0.2, -0.15) is 0 Å². The first-order chi connectivity index (χ1) is 10.3. The Balaban J connectivity index is 1.54. The van der Waals surface area contributed by atoms with E-state index in [-0.39, 0.29) is 12.2 Å². The summed E-state index contributed by atoms with van der Waals surface area (Å²) in [4.78, 5) is 0. The number of aliphatic hydroxyl groups excluding tert-OH is 1. The highest BCUT2D eigenvalue weighted by atomic mass is 16.5. The molecule has 0 radical (unpaired) electrons. The van der Waals surface area contributed by atoms with Crippen LogP contribution >= 0.6 is 0 Å². The molecule has 2 aromatic carbocycles. The van der Waals surface area contributed by atoms with Crippen LogP contribution in [0.3, 0.4) is 0 Å². The average molecular weight is 284 g/mol. The van der Waals surface area contributed by atoms with Crippen LogP contribution in [0.15, 0.2) is 54.6 Å². The van der Waals surface area contributed by atoms with Crippen LogP contribution in [0.1, 0.15) is 24.8 Å². The normalized spacial score (nSPS) is 21.2. The molecule has 21 heavy (non-hydrogen) atoms. The van der Waals surface area contributed by atoms with E-state index >= 15 is 0 Å². The van der Waals surface area contributed by atoms with E-state index in [2.05, 4.69) is 0 Å². The van der Waals surface area contributed by atoms with Crippen LogP contribution in [-0.2, 0) is 6.61 Å². The molecular formula is C18H20O3. The van der Waals surface area contributed by atoms with Crippen molar-refractivity contribution in [2.45, 2.75) is 38.1 Å². The molecule has 2 atom stereocenters. The second-order valence-corrected chi connectivity index (χ2v) is 5.40. The number of hydrogen-bond donors (Lipinski definition) is 1. The maximum atomic E-state index is 9.77. The Morgan fingerprint density at radius 2 is 1.62 bits per heavy atom. The number of hydrogen-bond acceptors (Lipinski definition) is 3. The molecule has 110 valence electrons. The second kappa shape index (κ2) is 6.64. The van der Waals surface area contributed by atoms with Crippen LogP contribution < -0.4 is 9.47 Å². The Kier molecular flexibility index (Phi) is 4.41. The number of rotatable bonds is 5. The summed E-state index contributed by atoms with van der Waals surface area (Å²) in [6.45, 7) is 0.558. The third kappa shape index (κ3) is 3.76. The average Bonchev–Trinajstić information content (AvgIpc) is 2.93. The predicted octanol–water partition coefficient (Wildman–Crippen LogP) is 3.56. The molecule has 3 rings (SSSR count). The van der Waals surface area contributed by atoms with Gasteiger partial charge in [-0.15, -0.1) is 0 Å². The molecule has 1 saturated carbocycles. The molecule has 1 aliphatic carbocycles. The quantitative estimate of drug-likeness (QED) is 0.912. The maximum absolute atomic E-state index is 9.77. The van der Waals surface area contributed by atoms with Gasteiger partial charge >= 0.3 is 0 Å². The molecule has 3 heteroatoms. The van der Waals surface area contributed by atoms with Gasteiger partial charge in [-0.25, -0.2) is 0 Å². The standard InChI is InChI=1S/C18H20O3/c19-17-7-4-8-18(17)21-16-11-9-15(10-12-16)20-13-14-5-2-1-3-6-14/h1-3,5-6,9-12,17-19H,4,7-8,13H2/t17-,18-/m0/s1. The van der Waals surface area contributed by atoms with Gasteiger partial charge in [0, 0.05) is 0 Å². The highest BCUT2D eigenvalue weighted by Gasteiger charge is 2.26. The lowest BCUT2D eigenvalue weighted by Crippen LogP contribution is -2.25. The minimum Gasteiger partial charge on any atom is -0.489 e. The lowest BCUT2D eigenvalue weighted by atomic mass is 10.2.